The highest BCUT2D eigenvalue weighted by molar-refractivity contribution is 7.17. The summed E-state index contributed by atoms with van der Waals surface area (Å²) in [5.41, 5.74) is 0. The second-order valence-electron chi connectivity index (χ2n) is 3.54. The first-order valence-corrected chi connectivity index (χ1v) is 6.24. The molecule has 0 bridgehead atoms. The van der Waals surface area contributed by atoms with Crippen LogP contribution in [0.1, 0.15) is 11.8 Å². The first-order chi connectivity index (χ1) is 8.40. The molecule has 0 spiro atoms. The Balaban J connectivity index is 2.60. The van der Waals surface area contributed by atoms with Gasteiger partial charge < -0.3 is 15.5 Å². The number of nitrogens with one attached hydrogen (secondary N) is 1. The minimum absolute atomic E-state index is 0.590. The molecule has 1 aromatic heterocycles. The van der Waals surface area contributed by atoms with Gasteiger partial charge in [0, 0.05) is 11.0 Å². The molecule has 1 amide bonds. The molecule has 0 aliphatic rings. The molecule has 1 heterocycles. The van der Waals surface area contributed by atoms with Crippen LogP contribution < -0.4 is 5.32 Å². The van der Waals surface area contributed by atoms with Crippen molar-refractivity contribution < 1.29 is 19.8 Å². The number of thiophene rings is 1. The number of aliphatic hydroxyl groups is 1. The van der Waals surface area contributed by atoms with E-state index in [9.17, 15) is 14.7 Å². The Kier molecular flexibility index (Phi) is 5.33. The van der Waals surface area contributed by atoms with E-state index in [1.165, 1.54) is 30.4 Å². The summed E-state index contributed by atoms with van der Waals surface area (Å²) in [6.45, 7) is 1.29. The Labute approximate surface area is 113 Å². The van der Waals surface area contributed by atoms with Gasteiger partial charge in [-0.25, -0.2) is 4.79 Å². The topological polar surface area (TPSA) is 86.6 Å². The lowest BCUT2D eigenvalue weighted by Crippen LogP contribution is -2.47. The molecule has 0 saturated carbocycles. The first kappa shape index (κ1) is 14.7. The van der Waals surface area contributed by atoms with E-state index < -0.39 is 24.0 Å². The number of carbonyl (C=O) groups excluding carboxylic acids is 1. The van der Waals surface area contributed by atoms with E-state index in [0.29, 0.717) is 4.34 Å². The quantitative estimate of drug-likeness (QED) is 0.715. The summed E-state index contributed by atoms with van der Waals surface area (Å²) in [4.78, 5) is 23.0. The summed E-state index contributed by atoms with van der Waals surface area (Å²) in [6, 6.07) is 2.11. The summed E-state index contributed by atoms with van der Waals surface area (Å²) in [7, 11) is 0. The smallest absolute Gasteiger partial charge is 0.328 e. The van der Waals surface area contributed by atoms with Crippen LogP contribution in [-0.2, 0) is 9.59 Å². The second-order valence-corrected chi connectivity index (χ2v) is 5.29. The predicted octanol–water partition coefficient (Wildman–Crippen LogP) is 1.36. The summed E-state index contributed by atoms with van der Waals surface area (Å²) in [6.07, 6.45) is 1.55. The Hall–Kier alpha value is -1.37. The van der Waals surface area contributed by atoms with Crippen LogP contribution >= 0.6 is 22.9 Å². The summed E-state index contributed by atoms with van der Waals surface area (Å²) >= 11 is 7.01. The normalized spacial score (nSPS) is 14.4. The maximum Gasteiger partial charge on any atom is 0.328 e. The molecule has 0 saturated heterocycles. The van der Waals surface area contributed by atoms with E-state index in [1.54, 1.807) is 12.1 Å². The zero-order chi connectivity index (χ0) is 13.7. The molecule has 2 atom stereocenters. The molecule has 5 nitrogen and oxygen atoms in total. The van der Waals surface area contributed by atoms with Crippen molar-refractivity contribution in [3.8, 4) is 0 Å². The van der Waals surface area contributed by atoms with Gasteiger partial charge in [-0.15, -0.1) is 11.3 Å². The highest BCUT2D eigenvalue weighted by Gasteiger charge is 2.23. The molecule has 0 aromatic carbocycles. The molecule has 1 aromatic rings. The summed E-state index contributed by atoms with van der Waals surface area (Å²) < 4.78 is 0.599. The van der Waals surface area contributed by atoms with E-state index in [0.717, 1.165) is 4.88 Å². The number of carboxylic acid groups (broad SMARTS) is 1. The van der Waals surface area contributed by atoms with Gasteiger partial charge in [0.05, 0.1) is 10.4 Å². The Morgan fingerprint density at radius 1 is 1.50 bits per heavy atom. The maximum atomic E-state index is 11.4. The summed E-state index contributed by atoms with van der Waals surface area (Å²) in [5.74, 6) is -1.88. The van der Waals surface area contributed by atoms with Crippen molar-refractivity contribution in [3.63, 3.8) is 0 Å². The molecule has 7 heteroatoms. The molecular weight excluding hydrogens is 278 g/mol. The lowest BCUT2D eigenvalue weighted by Gasteiger charge is -2.15. The predicted molar refractivity (Wildman–Crippen MR) is 69.6 cm³/mol. The van der Waals surface area contributed by atoms with Gasteiger partial charge in [0.2, 0.25) is 5.91 Å². The first-order valence-electron chi connectivity index (χ1n) is 5.05. The van der Waals surface area contributed by atoms with Gasteiger partial charge in [0.1, 0.15) is 0 Å². The number of carboxylic acids is 1. The molecule has 3 N–H and O–H groups in total. The number of carbonyl (C=O) groups is 2. The van der Waals surface area contributed by atoms with E-state index in [-0.39, 0.29) is 0 Å². The van der Waals surface area contributed by atoms with Crippen LogP contribution in [0.3, 0.4) is 0 Å². The molecule has 0 aliphatic carbocycles. The van der Waals surface area contributed by atoms with Crippen molar-refractivity contribution in [1.82, 2.24) is 5.32 Å². The van der Waals surface area contributed by atoms with E-state index in [4.69, 9.17) is 16.7 Å². The summed E-state index contributed by atoms with van der Waals surface area (Å²) in [5, 5.41) is 20.1. The van der Waals surface area contributed by atoms with Crippen molar-refractivity contribution >= 4 is 40.9 Å². The molecule has 0 aliphatic heterocycles. The van der Waals surface area contributed by atoms with Crippen LogP contribution in [0, 0.1) is 0 Å². The lowest BCUT2D eigenvalue weighted by molar-refractivity contribution is -0.144. The molecule has 0 radical (unpaired) electrons. The zero-order valence-corrected chi connectivity index (χ0v) is 11.0. The Morgan fingerprint density at radius 3 is 2.61 bits per heavy atom. The van der Waals surface area contributed by atoms with Gasteiger partial charge in [-0.1, -0.05) is 11.6 Å². The largest absolute Gasteiger partial charge is 0.480 e. The molecule has 1 rings (SSSR count). The van der Waals surface area contributed by atoms with Gasteiger partial charge in [-0.2, -0.15) is 0 Å². The number of hydrogen-bond donors (Lipinski definition) is 3. The monoisotopic (exact) mass is 289 g/mol. The standard InChI is InChI=1S/C11H12ClNO4S/c1-6(14)10(11(16)17)13-9(15)5-3-7-2-4-8(12)18-7/h2-6,10,14H,1H3,(H,13,15)(H,16,17)/b5-3+/t6-,10+/m1/s1. The number of halogens is 1. The van der Waals surface area contributed by atoms with Crippen molar-refractivity contribution in [2.45, 2.75) is 19.1 Å². The van der Waals surface area contributed by atoms with Crippen LogP contribution in [0.15, 0.2) is 18.2 Å². The molecule has 18 heavy (non-hydrogen) atoms. The highest BCUT2D eigenvalue weighted by Crippen LogP contribution is 2.22. The number of hydrogen-bond acceptors (Lipinski definition) is 4. The number of aliphatic carboxylic acids is 1. The second kappa shape index (κ2) is 6.53. The van der Waals surface area contributed by atoms with Crippen molar-refractivity contribution in [2.75, 3.05) is 0 Å². The molecule has 98 valence electrons. The van der Waals surface area contributed by atoms with Crippen molar-refractivity contribution in [2.24, 2.45) is 0 Å². The average Bonchev–Trinajstić information content (AvgIpc) is 2.68. The molecule has 0 unspecified atom stereocenters. The fraction of sp³-hybridized carbons (Fsp3) is 0.273. The Morgan fingerprint density at radius 2 is 2.17 bits per heavy atom. The third kappa shape index (κ3) is 4.48. The van der Waals surface area contributed by atoms with Crippen LogP contribution in [-0.4, -0.2) is 34.2 Å². The zero-order valence-electron chi connectivity index (χ0n) is 9.46. The minimum Gasteiger partial charge on any atom is -0.480 e. The third-order valence-electron chi connectivity index (χ3n) is 2.04. The van der Waals surface area contributed by atoms with E-state index >= 15 is 0 Å². The van der Waals surface area contributed by atoms with Crippen LogP contribution in [0.2, 0.25) is 4.34 Å². The molecule has 0 fully saturated rings. The van der Waals surface area contributed by atoms with Crippen LogP contribution in [0.25, 0.3) is 6.08 Å². The van der Waals surface area contributed by atoms with E-state index in [1.807, 2.05) is 0 Å². The van der Waals surface area contributed by atoms with Crippen molar-refractivity contribution in [3.05, 3.63) is 27.4 Å². The number of amides is 1. The van der Waals surface area contributed by atoms with Gasteiger partial charge >= 0.3 is 5.97 Å². The fourth-order valence-corrected chi connectivity index (χ4v) is 2.13. The third-order valence-corrected chi connectivity index (χ3v) is 3.24. The van der Waals surface area contributed by atoms with Gasteiger partial charge in [-0.3, -0.25) is 4.79 Å². The van der Waals surface area contributed by atoms with Gasteiger partial charge in [0.25, 0.3) is 0 Å². The lowest BCUT2D eigenvalue weighted by atomic mass is 10.2. The van der Waals surface area contributed by atoms with Crippen LogP contribution in [0.4, 0.5) is 0 Å². The average molecular weight is 290 g/mol. The Bertz CT molecular complexity index is 469. The van der Waals surface area contributed by atoms with Crippen molar-refractivity contribution in [1.29, 1.82) is 0 Å². The van der Waals surface area contributed by atoms with Gasteiger partial charge in [-0.05, 0) is 25.1 Å². The van der Waals surface area contributed by atoms with E-state index in [2.05, 4.69) is 5.32 Å². The van der Waals surface area contributed by atoms with Gasteiger partial charge in [0.15, 0.2) is 6.04 Å². The molecular formula is C11H12ClNO4S. The fourth-order valence-electron chi connectivity index (χ4n) is 1.17. The number of rotatable bonds is 5. The SMILES string of the molecule is C[C@@H](O)[C@H](NC(=O)/C=C/c1ccc(Cl)s1)C(=O)O. The minimum atomic E-state index is -1.32. The maximum absolute atomic E-state index is 11.4. The number of aliphatic hydroxyl groups excluding tert-OH is 1. The highest BCUT2D eigenvalue weighted by atomic mass is 35.5. The van der Waals surface area contributed by atoms with Crippen LogP contribution in [0.5, 0.6) is 0 Å².